The highest BCUT2D eigenvalue weighted by atomic mass is 35.5. The van der Waals surface area contributed by atoms with E-state index in [2.05, 4.69) is 5.32 Å². The Hall–Kier alpha value is -1.83. The number of halogens is 5. The minimum absolute atomic E-state index is 0.0549. The van der Waals surface area contributed by atoms with E-state index in [0.29, 0.717) is 12.5 Å². The van der Waals surface area contributed by atoms with Gasteiger partial charge in [-0.25, -0.2) is 4.39 Å². The van der Waals surface area contributed by atoms with Gasteiger partial charge in [0.1, 0.15) is 17.4 Å². The van der Waals surface area contributed by atoms with Gasteiger partial charge in [0.2, 0.25) is 11.8 Å². The molecule has 2 amide bonds. The molecule has 1 atom stereocenters. The molecule has 126 valence electrons. The largest absolute Gasteiger partial charge is 0.420 e. The average molecular weight is 353 g/mol. The summed E-state index contributed by atoms with van der Waals surface area (Å²) in [5, 5.41) is 1.64. The molecule has 1 aromatic carbocycles. The Bertz CT molecular complexity index is 648. The second-order valence-electron chi connectivity index (χ2n) is 5.17. The zero-order valence-electron chi connectivity index (χ0n) is 12.0. The van der Waals surface area contributed by atoms with Crippen molar-refractivity contribution >= 4 is 23.4 Å². The fourth-order valence-corrected chi connectivity index (χ4v) is 2.73. The van der Waals surface area contributed by atoms with Crippen LogP contribution in [0.15, 0.2) is 12.1 Å². The molecule has 0 aliphatic carbocycles. The van der Waals surface area contributed by atoms with E-state index in [4.69, 9.17) is 11.6 Å². The smallest absolute Gasteiger partial charge is 0.350 e. The number of likely N-dealkylation sites (tertiary alicyclic amines) is 1. The number of alkyl halides is 3. The number of hydrogen-bond donors (Lipinski definition) is 1. The Kier molecular flexibility index (Phi) is 4.84. The van der Waals surface area contributed by atoms with Gasteiger partial charge in [-0.1, -0.05) is 17.7 Å². The standard InChI is InChI=1S/C14H13ClF4N2O2/c1-21-9(4-5-10(21)22)13(23)20-6-7-2-3-8(16)11(12(7)15)14(17,18)19/h2-3,9H,4-6H2,1H3,(H,20,23). The fourth-order valence-electron chi connectivity index (χ4n) is 2.40. The molecule has 1 heterocycles. The number of nitrogens with one attached hydrogen (secondary N) is 1. The van der Waals surface area contributed by atoms with Crippen molar-refractivity contribution in [1.29, 1.82) is 0 Å². The zero-order chi connectivity index (χ0) is 17.4. The van der Waals surface area contributed by atoms with Crippen LogP contribution < -0.4 is 5.32 Å². The molecule has 1 fully saturated rings. The summed E-state index contributed by atoms with van der Waals surface area (Å²) in [5.41, 5.74) is -1.61. The van der Waals surface area contributed by atoms with Gasteiger partial charge in [0.15, 0.2) is 0 Å². The van der Waals surface area contributed by atoms with Crippen molar-refractivity contribution < 1.29 is 27.2 Å². The minimum atomic E-state index is -4.93. The Labute approximate surface area is 134 Å². The molecule has 1 saturated heterocycles. The molecular formula is C14H13ClF4N2O2. The average Bonchev–Trinajstić information content (AvgIpc) is 2.76. The van der Waals surface area contributed by atoms with E-state index in [1.807, 2.05) is 0 Å². The number of nitrogens with zero attached hydrogens (tertiary/aromatic N) is 1. The second kappa shape index (κ2) is 6.35. The number of likely N-dealkylation sites (N-methyl/N-ethyl adjacent to an activating group) is 1. The lowest BCUT2D eigenvalue weighted by Crippen LogP contribution is -2.42. The van der Waals surface area contributed by atoms with Crippen molar-refractivity contribution in [2.24, 2.45) is 0 Å². The lowest BCUT2D eigenvalue weighted by Gasteiger charge is -2.19. The number of amides is 2. The van der Waals surface area contributed by atoms with E-state index in [0.717, 1.165) is 6.07 Å². The molecule has 0 radical (unpaired) electrons. The number of benzene rings is 1. The van der Waals surface area contributed by atoms with E-state index < -0.39 is 34.5 Å². The predicted octanol–water partition coefficient (Wildman–Crippen LogP) is 2.73. The van der Waals surface area contributed by atoms with Crippen molar-refractivity contribution in [3.05, 3.63) is 34.1 Å². The van der Waals surface area contributed by atoms with Gasteiger partial charge in [0.25, 0.3) is 0 Å². The Morgan fingerprint density at radius 3 is 2.61 bits per heavy atom. The molecule has 9 heteroatoms. The molecule has 2 rings (SSSR count). The van der Waals surface area contributed by atoms with E-state index in [1.165, 1.54) is 11.9 Å². The van der Waals surface area contributed by atoms with Gasteiger partial charge in [-0.2, -0.15) is 13.2 Å². The quantitative estimate of drug-likeness (QED) is 0.850. The highest BCUT2D eigenvalue weighted by molar-refractivity contribution is 6.32. The molecule has 0 bridgehead atoms. The highest BCUT2D eigenvalue weighted by Crippen LogP contribution is 2.38. The van der Waals surface area contributed by atoms with Crippen LogP contribution in [-0.2, 0) is 22.3 Å². The third kappa shape index (κ3) is 3.57. The molecule has 0 saturated carbocycles. The summed E-state index contributed by atoms with van der Waals surface area (Å²) < 4.78 is 51.6. The third-order valence-corrected chi connectivity index (χ3v) is 4.13. The summed E-state index contributed by atoms with van der Waals surface area (Å²) in [6.07, 6.45) is -4.35. The maximum absolute atomic E-state index is 13.3. The first-order valence-electron chi connectivity index (χ1n) is 6.70. The number of carbonyl (C=O) groups excluding carboxylic acids is 2. The predicted molar refractivity (Wildman–Crippen MR) is 74.1 cm³/mol. The molecule has 1 aliphatic heterocycles. The van der Waals surface area contributed by atoms with Crippen LogP contribution in [0.25, 0.3) is 0 Å². The Morgan fingerprint density at radius 2 is 2.09 bits per heavy atom. The van der Waals surface area contributed by atoms with Crippen molar-refractivity contribution in [3.8, 4) is 0 Å². The summed E-state index contributed by atoms with van der Waals surface area (Å²) in [7, 11) is 1.48. The van der Waals surface area contributed by atoms with Gasteiger partial charge in [-0.15, -0.1) is 0 Å². The van der Waals surface area contributed by atoms with Gasteiger partial charge in [-0.3, -0.25) is 9.59 Å². The lowest BCUT2D eigenvalue weighted by atomic mass is 10.1. The van der Waals surface area contributed by atoms with Gasteiger partial charge in [0.05, 0.1) is 5.02 Å². The molecule has 23 heavy (non-hydrogen) atoms. The fraction of sp³-hybridized carbons (Fsp3) is 0.429. The van der Waals surface area contributed by atoms with Crippen LogP contribution in [0.3, 0.4) is 0 Å². The first kappa shape index (κ1) is 17.5. The van der Waals surface area contributed by atoms with Crippen molar-refractivity contribution in [1.82, 2.24) is 10.2 Å². The SMILES string of the molecule is CN1C(=O)CCC1C(=O)NCc1ccc(F)c(C(F)(F)F)c1Cl. The summed E-state index contributed by atoms with van der Waals surface area (Å²) in [6, 6.07) is 1.07. The van der Waals surface area contributed by atoms with Crippen LogP contribution in [0.1, 0.15) is 24.0 Å². The second-order valence-corrected chi connectivity index (χ2v) is 5.55. The summed E-state index contributed by atoms with van der Waals surface area (Å²) in [5.74, 6) is -2.14. The van der Waals surface area contributed by atoms with Crippen LogP contribution >= 0.6 is 11.6 Å². The third-order valence-electron chi connectivity index (χ3n) is 3.70. The normalized spacial score (nSPS) is 18.4. The zero-order valence-corrected chi connectivity index (χ0v) is 12.8. The maximum atomic E-state index is 13.3. The molecule has 4 nitrogen and oxygen atoms in total. The molecule has 1 unspecified atom stereocenters. The van der Waals surface area contributed by atoms with Gasteiger partial charge >= 0.3 is 6.18 Å². The van der Waals surface area contributed by atoms with Crippen LogP contribution in [0, 0.1) is 5.82 Å². The Balaban J connectivity index is 2.13. The topological polar surface area (TPSA) is 49.4 Å². The molecule has 1 N–H and O–H groups in total. The Morgan fingerprint density at radius 1 is 1.43 bits per heavy atom. The van der Waals surface area contributed by atoms with Gasteiger partial charge in [0, 0.05) is 20.0 Å². The molecule has 0 spiro atoms. The summed E-state index contributed by atoms with van der Waals surface area (Å²) in [6.45, 7) is -0.292. The molecule has 1 aromatic rings. The van der Waals surface area contributed by atoms with Crippen LogP contribution in [-0.4, -0.2) is 29.8 Å². The highest BCUT2D eigenvalue weighted by Gasteiger charge is 2.38. The van der Waals surface area contributed by atoms with E-state index in [1.54, 1.807) is 0 Å². The van der Waals surface area contributed by atoms with Gasteiger partial charge < -0.3 is 10.2 Å². The minimum Gasteiger partial charge on any atom is -0.350 e. The number of carbonyl (C=O) groups is 2. The van der Waals surface area contributed by atoms with Crippen LogP contribution in [0.4, 0.5) is 17.6 Å². The summed E-state index contributed by atoms with van der Waals surface area (Å²) in [4.78, 5) is 24.6. The molecule has 1 aliphatic rings. The lowest BCUT2D eigenvalue weighted by molar-refractivity contribution is -0.140. The van der Waals surface area contributed by atoms with Crippen molar-refractivity contribution in [2.75, 3.05) is 7.05 Å². The van der Waals surface area contributed by atoms with Crippen LogP contribution in [0.2, 0.25) is 5.02 Å². The van der Waals surface area contributed by atoms with E-state index in [9.17, 15) is 27.2 Å². The molecular weight excluding hydrogens is 340 g/mol. The van der Waals surface area contributed by atoms with E-state index in [-0.39, 0.29) is 24.4 Å². The maximum Gasteiger partial charge on any atom is 0.420 e. The van der Waals surface area contributed by atoms with Crippen LogP contribution in [0.5, 0.6) is 0 Å². The first-order valence-corrected chi connectivity index (χ1v) is 7.08. The number of rotatable bonds is 3. The number of hydrogen-bond acceptors (Lipinski definition) is 2. The van der Waals surface area contributed by atoms with Gasteiger partial charge in [-0.05, 0) is 18.1 Å². The first-order chi connectivity index (χ1) is 10.6. The summed E-state index contributed by atoms with van der Waals surface area (Å²) >= 11 is 5.62. The van der Waals surface area contributed by atoms with Crippen molar-refractivity contribution in [3.63, 3.8) is 0 Å². The molecule has 0 aromatic heterocycles. The van der Waals surface area contributed by atoms with E-state index >= 15 is 0 Å². The van der Waals surface area contributed by atoms with Crippen molar-refractivity contribution in [2.45, 2.75) is 31.6 Å². The monoisotopic (exact) mass is 352 g/mol.